The second-order valence-corrected chi connectivity index (χ2v) is 16.8. The number of carbonyl (C=O) groups is 9. The van der Waals surface area contributed by atoms with Crippen LogP contribution in [0.5, 0.6) is 0 Å². The second kappa shape index (κ2) is 21.8. The van der Waals surface area contributed by atoms with Crippen LogP contribution in [-0.2, 0) is 51.5 Å². The molecule has 6 N–H and O–H groups in total. The third-order valence-electron chi connectivity index (χ3n) is 12.3. The van der Waals surface area contributed by atoms with E-state index < -0.39 is 47.2 Å². The number of fused-ring (bicyclic) bond motifs is 1. The van der Waals surface area contributed by atoms with Crippen LogP contribution in [0.1, 0.15) is 112 Å². The zero-order chi connectivity index (χ0) is 45.8. The SMILES string of the molecule is C[C@H](NC(=O)C1(C(=O)NCCCCCN2C(=O)C=CC2=O)CCC1)C(=O)Nc1ccc(COC(=O)N(CCCCCCCN)c2cccc3c2CN(C2CCC(=O)NC2=O)C3=O)cc1. The fraction of sp³-hybridized carbons (Fsp3) is 0.500. The summed E-state index contributed by atoms with van der Waals surface area (Å²) in [6.45, 7) is 3.11. The van der Waals surface area contributed by atoms with Gasteiger partial charge in [0.15, 0.2) is 0 Å². The molecular formula is C46H58N8O10. The number of rotatable bonds is 22. The number of benzene rings is 2. The van der Waals surface area contributed by atoms with Crippen LogP contribution in [-0.4, -0.2) is 101 Å². The second-order valence-electron chi connectivity index (χ2n) is 16.8. The van der Waals surface area contributed by atoms with Crippen LogP contribution < -0.4 is 31.9 Å². The van der Waals surface area contributed by atoms with Gasteiger partial charge in [0.1, 0.15) is 24.1 Å². The number of nitrogens with one attached hydrogen (secondary N) is 4. The maximum Gasteiger partial charge on any atom is 0.414 e. The van der Waals surface area contributed by atoms with Crippen molar-refractivity contribution >= 4 is 64.7 Å². The van der Waals surface area contributed by atoms with Gasteiger partial charge in [-0.1, -0.05) is 43.9 Å². The summed E-state index contributed by atoms with van der Waals surface area (Å²) >= 11 is 0. The Kier molecular flexibility index (Phi) is 16.0. The van der Waals surface area contributed by atoms with Crippen molar-refractivity contribution in [1.29, 1.82) is 0 Å². The lowest BCUT2D eigenvalue weighted by molar-refractivity contribution is -0.150. The van der Waals surface area contributed by atoms with Crippen molar-refractivity contribution in [3.63, 3.8) is 0 Å². The van der Waals surface area contributed by atoms with Crippen molar-refractivity contribution < 1.29 is 47.9 Å². The Morgan fingerprint density at radius 3 is 2.28 bits per heavy atom. The first kappa shape index (κ1) is 47.1. The predicted octanol–water partition coefficient (Wildman–Crippen LogP) is 3.33. The van der Waals surface area contributed by atoms with Gasteiger partial charge >= 0.3 is 6.09 Å². The molecule has 1 saturated carbocycles. The van der Waals surface area contributed by atoms with Gasteiger partial charge in [-0.15, -0.1) is 0 Å². The fourth-order valence-electron chi connectivity index (χ4n) is 8.32. The minimum atomic E-state index is -1.26. The third-order valence-corrected chi connectivity index (χ3v) is 12.3. The largest absolute Gasteiger partial charge is 0.444 e. The number of hydrogen-bond acceptors (Lipinski definition) is 11. The molecule has 18 heteroatoms. The molecule has 64 heavy (non-hydrogen) atoms. The lowest BCUT2D eigenvalue weighted by Gasteiger charge is -2.39. The maximum absolute atomic E-state index is 13.8. The van der Waals surface area contributed by atoms with E-state index in [9.17, 15) is 43.2 Å². The molecule has 3 aliphatic heterocycles. The van der Waals surface area contributed by atoms with E-state index in [1.54, 1.807) is 42.5 Å². The standard InChI is InChI=1S/C46H58N8O10/c1-30(49-44(62)46(22-11-23-46)43(61)48-25-7-5-9-27-53-38(56)20-21-39(53)57)40(58)50-32-16-14-31(15-17-32)29-64-45(63)52(26-8-4-2-3-6-24-47)35-13-10-12-33-34(35)28-54(42(33)60)36-18-19-37(55)51-41(36)59/h10,12-17,20-21,30,36H,2-9,11,18-19,22-29,47H2,1H3,(H,48,61)(H,49,62)(H,50,58)(H,51,55,59)/t30-,36?/m0/s1. The van der Waals surface area contributed by atoms with Crippen molar-refractivity contribution in [2.24, 2.45) is 11.1 Å². The van der Waals surface area contributed by atoms with Gasteiger partial charge in [-0.2, -0.15) is 0 Å². The lowest BCUT2D eigenvalue weighted by atomic mass is 9.67. The Labute approximate surface area is 372 Å². The topological polar surface area (TPSA) is 247 Å². The average molecular weight is 883 g/mol. The van der Waals surface area contributed by atoms with Gasteiger partial charge in [-0.3, -0.25) is 53.5 Å². The molecule has 0 bridgehead atoms. The van der Waals surface area contributed by atoms with Gasteiger partial charge in [0.05, 0.1) is 5.69 Å². The van der Waals surface area contributed by atoms with Gasteiger partial charge < -0.3 is 31.3 Å². The summed E-state index contributed by atoms with van der Waals surface area (Å²) in [6.07, 6.45) is 9.85. The summed E-state index contributed by atoms with van der Waals surface area (Å²) in [6, 6.07) is 10.0. The molecule has 2 atom stereocenters. The van der Waals surface area contributed by atoms with Crippen LogP contribution in [0.25, 0.3) is 0 Å². The van der Waals surface area contributed by atoms with Crippen molar-refractivity contribution in [3.05, 3.63) is 71.3 Å². The Hall–Kier alpha value is -6.43. The normalized spacial score (nSPS) is 18.0. The minimum absolute atomic E-state index is 0.0919. The highest BCUT2D eigenvalue weighted by atomic mass is 16.6. The number of anilines is 2. The zero-order valence-corrected chi connectivity index (χ0v) is 36.3. The quantitative estimate of drug-likeness (QED) is 0.0652. The van der Waals surface area contributed by atoms with Gasteiger partial charge in [-0.05, 0) is 94.7 Å². The van der Waals surface area contributed by atoms with Gasteiger partial charge in [0, 0.05) is 61.6 Å². The first-order valence-electron chi connectivity index (χ1n) is 22.3. The molecule has 3 heterocycles. The van der Waals surface area contributed by atoms with Gasteiger partial charge in [-0.25, -0.2) is 4.79 Å². The summed E-state index contributed by atoms with van der Waals surface area (Å²) in [7, 11) is 0. The molecule has 18 nitrogen and oxygen atoms in total. The summed E-state index contributed by atoms with van der Waals surface area (Å²) in [4.78, 5) is 119. The third kappa shape index (κ3) is 11.2. The number of piperidine rings is 1. The summed E-state index contributed by atoms with van der Waals surface area (Å²) in [5.74, 6) is -3.30. The number of hydrogen-bond donors (Lipinski definition) is 5. The minimum Gasteiger partial charge on any atom is -0.444 e. The Bertz CT molecular complexity index is 2130. The molecule has 1 aliphatic carbocycles. The van der Waals surface area contributed by atoms with Crippen molar-refractivity contribution in [1.82, 2.24) is 25.8 Å². The van der Waals surface area contributed by atoms with Crippen molar-refractivity contribution in [2.75, 3.05) is 36.4 Å². The molecular weight excluding hydrogens is 825 g/mol. The molecule has 0 radical (unpaired) electrons. The van der Waals surface area contributed by atoms with Crippen LogP contribution >= 0.6 is 0 Å². The van der Waals surface area contributed by atoms with Gasteiger partial charge in [0.25, 0.3) is 17.7 Å². The number of carbonyl (C=O) groups excluding carboxylic acids is 9. The number of nitrogens with zero attached hydrogens (tertiary/aromatic N) is 3. The molecule has 0 aromatic heterocycles. The number of imide groups is 2. The van der Waals surface area contributed by atoms with E-state index >= 15 is 0 Å². The van der Waals surface area contributed by atoms with Crippen molar-refractivity contribution in [2.45, 2.75) is 116 Å². The highest BCUT2D eigenvalue weighted by molar-refractivity contribution is 6.13. The van der Waals surface area contributed by atoms with Crippen molar-refractivity contribution in [3.8, 4) is 0 Å². The molecule has 342 valence electrons. The Morgan fingerprint density at radius 2 is 1.59 bits per heavy atom. The number of unbranched alkanes of at least 4 members (excludes halogenated alkanes) is 6. The molecule has 2 aromatic rings. The predicted molar refractivity (Wildman–Crippen MR) is 234 cm³/mol. The first-order chi connectivity index (χ1) is 30.8. The van der Waals surface area contributed by atoms with E-state index in [2.05, 4.69) is 21.3 Å². The number of ether oxygens (including phenoxy) is 1. The molecule has 2 fully saturated rings. The van der Waals surface area contributed by atoms with E-state index in [4.69, 9.17) is 10.5 Å². The summed E-state index contributed by atoms with van der Waals surface area (Å²) in [5.41, 5.74) is 6.96. The average Bonchev–Trinajstić information content (AvgIpc) is 3.77. The highest BCUT2D eigenvalue weighted by Crippen LogP contribution is 2.41. The van der Waals surface area contributed by atoms with Crippen LogP contribution in [0.15, 0.2) is 54.6 Å². The molecule has 0 spiro atoms. The summed E-state index contributed by atoms with van der Waals surface area (Å²) < 4.78 is 5.81. The van der Waals surface area contributed by atoms with E-state index in [0.29, 0.717) is 99.2 Å². The smallest absolute Gasteiger partial charge is 0.414 e. The van der Waals surface area contributed by atoms with E-state index in [1.165, 1.54) is 33.8 Å². The zero-order valence-electron chi connectivity index (χ0n) is 36.3. The van der Waals surface area contributed by atoms with E-state index in [1.807, 2.05) is 0 Å². The molecule has 1 saturated heterocycles. The fourth-order valence-corrected chi connectivity index (χ4v) is 8.32. The van der Waals surface area contributed by atoms with Crippen LogP contribution in [0.4, 0.5) is 16.2 Å². The van der Waals surface area contributed by atoms with Crippen LogP contribution in [0.2, 0.25) is 0 Å². The molecule has 4 aliphatic rings. The monoisotopic (exact) mass is 882 g/mol. The number of nitrogens with two attached hydrogens (primary N) is 1. The maximum atomic E-state index is 13.8. The van der Waals surface area contributed by atoms with E-state index in [0.717, 1.165) is 25.7 Å². The molecule has 1 unspecified atom stereocenters. The summed E-state index contributed by atoms with van der Waals surface area (Å²) in [5, 5.41) is 10.6. The van der Waals surface area contributed by atoms with Crippen LogP contribution in [0, 0.1) is 5.41 Å². The van der Waals surface area contributed by atoms with Crippen LogP contribution in [0.3, 0.4) is 0 Å². The van der Waals surface area contributed by atoms with Gasteiger partial charge in [0.2, 0.25) is 29.5 Å². The molecule has 2 aromatic carbocycles. The Morgan fingerprint density at radius 1 is 0.891 bits per heavy atom. The Balaban J connectivity index is 0.991. The highest BCUT2D eigenvalue weighted by Gasteiger charge is 2.51. The molecule has 6 rings (SSSR count). The first-order valence-corrected chi connectivity index (χ1v) is 22.3. The lowest BCUT2D eigenvalue weighted by Crippen LogP contribution is -2.58. The molecule has 9 amide bonds. The van der Waals surface area contributed by atoms with E-state index in [-0.39, 0.29) is 49.6 Å². The number of amides is 9.